The van der Waals surface area contributed by atoms with Gasteiger partial charge >= 0.3 is 0 Å². The van der Waals surface area contributed by atoms with Gasteiger partial charge in [-0.3, -0.25) is 33.6 Å². The Balaban J connectivity index is 0.916. The monoisotopic (exact) mass is 1510 g/mol. The number of benzene rings is 3. The third-order valence-electron chi connectivity index (χ3n) is 20.7. The van der Waals surface area contributed by atoms with Gasteiger partial charge in [0, 0.05) is 74.7 Å². The van der Waals surface area contributed by atoms with E-state index in [0.717, 1.165) is 98.2 Å². The Kier molecular flexibility index (Phi) is 31.0. The Morgan fingerprint density at radius 2 is 1.33 bits per heavy atom. The number of phenolic OH excluding ortho intramolecular Hbond substituents is 1. The lowest BCUT2D eigenvalue weighted by molar-refractivity contribution is -0.433. The number of carbonyl (C=O) groups is 7. The maximum atomic E-state index is 15.0. The lowest BCUT2D eigenvalue weighted by atomic mass is 9.69. The molecule has 3 saturated heterocycles. The molecule has 13 atom stereocenters. The molecular formula is C71H100N10O22S2. The Labute approximate surface area is 616 Å². The van der Waals surface area contributed by atoms with E-state index in [4.69, 9.17) is 19.3 Å². The smallest absolute Gasteiger partial charge is 0.261 e. The first-order chi connectivity index (χ1) is 50.5. The summed E-state index contributed by atoms with van der Waals surface area (Å²) in [4.78, 5) is 104. The van der Waals surface area contributed by atoms with Crippen LogP contribution in [-0.4, -0.2) is 255 Å². The highest BCUT2D eigenvalue weighted by atomic mass is 32.2. The van der Waals surface area contributed by atoms with Crippen LogP contribution in [0.25, 0.3) is 21.1 Å². The molecule has 4 heterocycles. The van der Waals surface area contributed by atoms with Gasteiger partial charge in [-0.2, -0.15) is 0 Å². The van der Waals surface area contributed by atoms with Crippen molar-refractivity contribution in [1.29, 1.82) is 0 Å². The van der Waals surface area contributed by atoms with Crippen LogP contribution in [0.2, 0.25) is 0 Å². The summed E-state index contributed by atoms with van der Waals surface area (Å²) in [6.07, 6.45) is 1.15. The summed E-state index contributed by atoms with van der Waals surface area (Å²) in [5.41, 5.74) is 2.93. The number of aliphatic hydroxyl groups excluding tert-OH is 9. The summed E-state index contributed by atoms with van der Waals surface area (Å²) in [7, 11) is 0. The molecule has 1 aromatic heterocycles. The third-order valence-corrected chi connectivity index (χ3v) is 22.1. The molecule has 9 rings (SSSR count). The molecule has 17 N–H and O–H groups in total. The second-order valence-corrected chi connectivity index (χ2v) is 29.6. The molecule has 1 unspecified atom stereocenters. The van der Waals surface area contributed by atoms with Gasteiger partial charge in [0.2, 0.25) is 35.4 Å². The lowest BCUT2D eigenvalue weighted by Gasteiger charge is -2.38. The van der Waals surface area contributed by atoms with E-state index in [1.54, 1.807) is 12.1 Å². The topological polar surface area (TPSA) is 483 Å². The summed E-state index contributed by atoms with van der Waals surface area (Å²) in [5, 5.41) is 146. The number of phenols is 1. The number of hydrogen-bond donors (Lipinski definition) is 17. The molecule has 32 nitrogen and oxygen atoms in total. The van der Waals surface area contributed by atoms with Crippen molar-refractivity contribution < 1.29 is 108 Å². The molecule has 105 heavy (non-hydrogen) atoms. The number of rotatable bonds is 28. The number of unbranched alkanes of at least 4 members (excludes halogenated alkanes) is 3. The molecule has 5 fully saturated rings. The zero-order chi connectivity index (χ0) is 75.4. The minimum absolute atomic E-state index is 0.0227. The quantitative estimate of drug-likeness (QED) is 0.0160. The number of nitrogens with one attached hydrogen (secondary N) is 6. The zero-order valence-electron chi connectivity index (χ0n) is 58.7. The predicted molar refractivity (Wildman–Crippen MR) is 379 cm³/mol. The van der Waals surface area contributed by atoms with Gasteiger partial charge < -0.3 is 102 Å². The predicted octanol–water partition coefficient (Wildman–Crippen LogP) is 0.624. The van der Waals surface area contributed by atoms with Crippen LogP contribution in [0.3, 0.4) is 0 Å². The highest BCUT2D eigenvalue weighted by Crippen LogP contribution is 2.44. The summed E-state index contributed by atoms with van der Waals surface area (Å²) in [6, 6.07) is 5.90. The second-order valence-electron chi connectivity index (χ2n) is 28.2. The first-order valence-corrected chi connectivity index (χ1v) is 37.5. The average Bonchev–Trinajstić information content (AvgIpc) is 1.68. The van der Waals surface area contributed by atoms with Gasteiger partial charge in [0.15, 0.2) is 11.5 Å². The Morgan fingerprint density at radius 1 is 0.705 bits per heavy atom. The van der Waals surface area contributed by atoms with E-state index in [0.29, 0.717) is 27.6 Å². The van der Waals surface area contributed by atoms with E-state index >= 15 is 4.79 Å². The van der Waals surface area contributed by atoms with Crippen LogP contribution in [0, 0.1) is 17.8 Å². The summed E-state index contributed by atoms with van der Waals surface area (Å²) in [5.74, 6) is -7.63. The number of amides is 7. The second kappa shape index (κ2) is 39.7. The first kappa shape index (κ1) is 82.0. The van der Waals surface area contributed by atoms with Gasteiger partial charge in [0.1, 0.15) is 46.3 Å². The van der Waals surface area contributed by atoms with E-state index in [1.165, 1.54) is 73.8 Å². The molecule has 0 bridgehead atoms. The Morgan fingerprint density at radius 3 is 1.98 bits per heavy atom. The van der Waals surface area contributed by atoms with Gasteiger partial charge in [-0.1, -0.05) is 82.9 Å². The molecule has 4 aromatic rings. The molecule has 7 amide bonds. The number of hydrogen-bond acceptors (Lipinski definition) is 27. The van der Waals surface area contributed by atoms with Crippen molar-refractivity contribution in [2.75, 3.05) is 52.6 Å². The molecule has 3 aliphatic heterocycles. The maximum absolute atomic E-state index is 15.0. The number of aliphatic hydroxyl groups is 9. The van der Waals surface area contributed by atoms with Crippen LogP contribution in [0.5, 0.6) is 11.5 Å². The van der Waals surface area contributed by atoms with Crippen LogP contribution in [0.1, 0.15) is 138 Å². The molecular weight excluding hydrogens is 1410 g/mol. The standard InChI is InChI=1S/C71H100N10O22S2/c1-38-34-81-61(62(38)91)67(96)73-33-49(86)31-52(74-63(92)45-14-18-47(19-15-45)69-79-78-68(104-69)46-16-12-43(13-17-46)41-8-10-42(11-9-41)44-20-22-51(23-21-44)100-28-6-4-3-5-27-82)64(93)75-58(39(2)85)70(97)80-35-50(87)32-53(80)65(94)76-59(56(90)29-40-7-24-54(88)57(30-40)101-105-103-102-99)66(95)77-60(71(81)98)55(89)25-26-72-48(36-83)37-84/h7,12-19,24,30,38-39,41-42,44,48-53,55-56,58-62,72,82-91,99H,3-6,8-11,20-23,25-29,31-37H2,1-2H3,(H,73,96)(H,74,92)(H,75,93)(H,76,94)(H,77,95)/t38-,39+,41?,42?,44?,49+,50+,51?,52?,53-,55+,56+,58-,59-,60-,61-,62-/m0/s1. The fourth-order valence-corrected chi connectivity index (χ4v) is 15.8. The van der Waals surface area contributed by atoms with Crippen LogP contribution in [0.15, 0.2) is 66.7 Å². The van der Waals surface area contributed by atoms with Gasteiger partial charge in [0.05, 0.1) is 62.0 Å². The van der Waals surface area contributed by atoms with Crippen LogP contribution < -0.4 is 36.1 Å². The molecule has 578 valence electrons. The zero-order valence-corrected chi connectivity index (χ0v) is 60.4. The highest BCUT2D eigenvalue weighted by Gasteiger charge is 2.50. The Bertz CT molecular complexity index is 3490. The van der Waals surface area contributed by atoms with Crippen LogP contribution in [-0.2, 0) is 49.3 Å². The van der Waals surface area contributed by atoms with Crippen molar-refractivity contribution >= 4 is 65.0 Å². The molecule has 34 heteroatoms. The van der Waals surface area contributed by atoms with E-state index in [-0.39, 0.29) is 48.9 Å². The number of carbonyl (C=O) groups excluding carboxylic acids is 7. The number of ether oxygens (including phenoxy) is 1. The fourth-order valence-electron chi connectivity index (χ4n) is 14.7. The summed E-state index contributed by atoms with van der Waals surface area (Å²) < 4.78 is 15.6. The fraction of sp³-hybridized carbons (Fsp3) is 0.620. The Hall–Kier alpha value is -7.10. The number of aromatic nitrogens is 2. The SMILES string of the molecule is C[C@@H](O)[C@@H]1NC(=O)C(NC(=O)c2ccc(-c3nnc(-c4ccc(C5CCC(C6CCC(OCCCCCCO)CC6)CC5)cc4)s3)cc2)C[C@@H](O)CNC(=O)[C@@H]2[C@@H](O)[C@@H](C)CN2C(=O)[C@H]([C@H](O)CCNC(CO)CO)NC(=O)[C@H]([C@H](O)Cc2ccc(O)c(OSOOO)c2)NC(=O)[C@@H]2C[C@@H](O)CN2C1=O. The normalized spacial score (nSPS) is 27.8. The van der Waals surface area contributed by atoms with E-state index in [9.17, 15) is 74.7 Å². The van der Waals surface area contributed by atoms with Crippen molar-refractivity contribution in [2.24, 2.45) is 17.8 Å². The minimum atomic E-state index is -2.16. The van der Waals surface area contributed by atoms with Crippen molar-refractivity contribution in [3.8, 4) is 32.6 Å². The molecule has 3 aromatic carbocycles. The van der Waals surface area contributed by atoms with Gasteiger partial charge in [0.25, 0.3) is 18.2 Å². The van der Waals surface area contributed by atoms with E-state index < -0.39 is 184 Å². The lowest BCUT2D eigenvalue weighted by Crippen LogP contribution is -2.64. The molecule has 5 aliphatic rings. The maximum Gasteiger partial charge on any atom is 0.261 e. The third kappa shape index (κ3) is 22.1. The number of aromatic hydroxyl groups is 1. The molecule has 0 radical (unpaired) electrons. The van der Waals surface area contributed by atoms with Crippen molar-refractivity contribution in [1.82, 2.24) is 51.9 Å². The minimum Gasteiger partial charge on any atom is -0.504 e. The van der Waals surface area contributed by atoms with Crippen LogP contribution >= 0.6 is 23.7 Å². The first-order valence-electron chi connectivity index (χ1n) is 36.0. The number of nitrogens with zero attached hydrogens (tertiary/aromatic N) is 4. The van der Waals surface area contributed by atoms with E-state index in [2.05, 4.69) is 75.7 Å². The molecule has 2 saturated carbocycles. The summed E-state index contributed by atoms with van der Waals surface area (Å²) in [6.45, 7) is 0.741. The van der Waals surface area contributed by atoms with Gasteiger partial charge in [-0.25, -0.2) is 5.26 Å². The average molecular weight is 1510 g/mol. The highest BCUT2D eigenvalue weighted by molar-refractivity contribution is 7.90. The number of fused-ring (bicyclic) bond motifs is 2. The van der Waals surface area contributed by atoms with Gasteiger partial charge in [-0.15, -0.1) is 10.2 Å². The molecule has 0 spiro atoms. The van der Waals surface area contributed by atoms with Crippen molar-refractivity contribution in [2.45, 2.75) is 208 Å². The van der Waals surface area contributed by atoms with E-state index in [1.807, 2.05) is 0 Å². The number of β-amino-alcohol motifs (C(OH)–C–C–N with tert-alkyl or cyclic N) is 1. The van der Waals surface area contributed by atoms with Crippen molar-refractivity contribution in [3.63, 3.8) is 0 Å². The molecule has 2 aliphatic carbocycles. The summed E-state index contributed by atoms with van der Waals surface area (Å²) >= 11 is 1.42. The largest absolute Gasteiger partial charge is 0.504 e. The van der Waals surface area contributed by atoms with Gasteiger partial charge in [-0.05, 0) is 137 Å². The van der Waals surface area contributed by atoms with Crippen LogP contribution in [0.4, 0.5) is 0 Å². The van der Waals surface area contributed by atoms with Crippen molar-refractivity contribution in [3.05, 3.63) is 83.4 Å².